The number of morpholine rings is 1. The number of hydrogen-bond donors (Lipinski definition) is 0. The van der Waals surface area contributed by atoms with E-state index in [0.717, 1.165) is 32.8 Å². The molecule has 74 valence electrons. The zero-order valence-electron chi connectivity index (χ0n) is 7.62. The molecule has 13 heavy (non-hydrogen) atoms. The smallest absolute Gasteiger partial charge is 0.0669 e. The number of carbonyl (C=O) groups is 1. The van der Waals surface area contributed by atoms with Crippen LogP contribution >= 0.6 is 0 Å². The molecule has 1 rings (SSSR count). The lowest BCUT2D eigenvalue weighted by Crippen LogP contribution is -2.37. The molecule has 1 saturated heterocycles. The lowest BCUT2D eigenvalue weighted by atomic mass is 10.2. The van der Waals surface area contributed by atoms with E-state index in [2.05, 4.69) is 11.5 Å². The van der Waals surface area contributed by atoms with E-state index in [4.69, 9.17) is 4.74 Å². The Kier molecular flexibility index (Phi) is 3.92. The molecule has 4 heteroatoms. The maximum absolute atomic E-state index is 10.3. The van der Waals surface area contributed by atoms with E-state index in [9.17, 15) is 9.90 Å². The molecule has 0 atom stereocenters. The quantitative estimate of drug-likeness (QED) is 0.527. The van der Waals surface area contributed by atoms with Crippen molar-refractivity contribution in [3.05, 3.63) is 12.2 Å². The van der Waals surface area contributed by atoms with Crippen LogP contribution < -0.4 is 5.11 Å². The molecule has 0 saturated carbocycles. The number of ether oxygens (including phenoxy) is 1. The van der Waals surface area contributed by atoms with Crippen LogP contribution in [0.15, 0.2) is 12.2 Å². The second-order valence-corrected chi connectivity index (χ2v) is 3.10. The molecular formula is C9H14NO3-. The van der Waals surface area contributed by atoms with Gasteiger partial charge in [0.25, 0.3) is 0 Å². The van der Waals surface area contributed by atoms with Crippen LogP contribution in [0.2, 0.25) is 0 Å². The Labute approximate surface area is 77.8 Å². The van der Waals surface area contributed by atoms with E-state index in [1.807, 2.05) is 0 Å². The molecule has 0 aromatic rings. The van der Waals surface area contributed by atoms with Gasteiger partial charge in [0, 0.05) is 19.6 Å². The Morgan fingerprint density at radius 1 is 1.46 bits per heavy atom. The molecular weight excluding hydrogens is 170 g/mol. The van der Waals surface area contributed by atoms with Gasteiger partial charge in [0.1, 0.15) is 0 Å². The van der Waals surface area contributed by atoms with Crippen molar-refractivity contribution < 1.29 is 14.6 Å². The molecule has 0 aliphatic carbocycles. The van der Waals surface area contributed by atoms with Crippen LogP contribution in [0.4, 0.5) is 0 Å². The summed E-state index contributed by atoms with van der Waals surface area (Å²) in [6.07, 6.45) is 0.475. The first kappa shape index (κ1) is 10.2. The van der Waals surface area contributed by atoms with Crippen molar-refractivity contribution in [2.75, 3.05) is 32.8 Å². The Morgan fingerprint density at radius 3 is 2.62 bits per heavy atom. The molecule has 0 bridgehead atoms. The Hall–Kier alpha value is -0.870. The van der Waals surface area contributed by atoms with Gasteiger partial charge in [-0.05, 0) is 12.0 Å². The number of hydrogen-bond acceptors (Lipinski definition) is 4. The minimum atomic E-state index is -1.15. The second kappa shape index (κ2) is 4.99. The average Bonchev–Trinajstić information content (AvgIpc) is 2.15. The fourth-order valence-electron chi connectivity index (χ4n) is 1.22. The summed E-state index contributed by atoms with van der Waals surface area (Å²) in [5, 5.41) is 10.3. The average molecular weight is 184 g/mol. The highest BCUT2D eigenvalue weighted by atomic mass is 16.5. The zero-order chi connectivity index (χ0) is 9.68. The molecule has 0 spiro atoms. The highest BCUT2D eigenvalue weighted by molar-refractivity contribution is 5.83. The van der Waals surface area contributed by atoms with Crippen molar-refractivity contribution in [1.29, 1.82) is 0 Å². The molecule has 0 aromatic carbocycles. The first-order valence-corrected chi connectivity index (χ1v) is 4.39. The predicted octanol–water partition coefficient (Wildman–Crippen LogP) is -0.985. The fourth-order valence-corrected chi connectivity index (χ4v) is 1.22. The highest BCUT2D eigenvalue weighted by Crippen LogP contribution is 2.02. The van der Waals surface area contributed by atoms with Gasteiger partial charge in [-0.3, -0.25) is 4.90 Å². The number of nitrogens with zero attached hydrogens (tertiary/aromatic N) is 1. The number of rotatable bonds is 4. The van der Waals surface area contributed by atoms with Gasteiger partial charge in [0.15, 0.2) is 0 Å². The van der Waals surface area contributed by atoms with Crippen molar-refractivity contribution in [3.63, 3.8) is 0 Å². The summed E-state index contributed by atoms with van der Waals surface area (Å²) in [5.41, 5.74) is 0.173. The molecule has 0 aromatic heterocycles. The summed E-state index contributed by atoms with van der Waals surface area (Å²) >= 11 is 0. The van der Waals surface area contributed by atoms with Gasteiger partial charge in [0.05, 0.1) is 19.2 Å². The van der Waals surface area contributed by atoms with Gasteiger partial charge in [-0.15, -0.1) is 0 Å². The zero-order valence-corrected chi connectivity index (χ0v) is 7.62. The van der Waals surface area contributed by atoms with Crippen molar-refractivity contribution in [1.82, 2.24) is 4.90 Å². The SMILES string of the molecule is C=C(CCN1CCOCC1)C(=O)[O-]. The largest absolute Gasteiger partial charge is 0.545 e. The van der Waals surface area contributed by atoms with Crippen LogP contribution in [0.25, 0.3) is 0 Å². The van der Waals surface area contributed by atoms with Crippen LogP contribution in [0, 0.1) is 0 Å². The van der Waals surface area contributed by atoms with Crippen LogP contribution in [0.5, 0.6) is 0 Å². The first-order chi connectivity index (χ1) is 6.20. The Balaban J connectivity index is 2.17. The van der Waals surface area contributed by atoms with Crippen molar-refractivity contribution in [2.24, 2.45) is 0 Å². The highest BCUT2D eigenvalue weighted by Gasteiger charge is 2.09. The standard InChI is InChI=1S/C9H15NO3/c1-8(9(11)12)2-3-10-4-6-13-7-5-10/h1-7H2,(H,11,12)/p-1. The van der Waals surface area contributed by atoms with Crippen molar-refractivity contribution in [2.45, 2.75) is 6.42 Å². The lowest BCUT2D eigenvalue weighted by molar-refractivity contribution is -0.299. The van der Waals surface area contributed by atoms with Crippen molar-refractivity contribution in [3.8, 4) is 0 Å². The molecule has 1 aliphatic rings. The van der Waals surface area contributed by atoms with E-state index in [0.29, 0.717) is 6.42 Å². The summed E-state index contributed by atoms with van der Waals surface area (Å²) in [4.78, 5) is 12.5. The topological polar surface area (TPSA) is 52.6 Å². The molecule has 1 fully saturated rings. The van der Waals surface area contributed by atoms with E-state index in [1.165, 1.54) is 0 Å². The Morgan fingerprint density at radius 2 is 2.08 bits per heavy atom. The minimum Gasteiger partial charge on any atom is -0.545 e. The molecule has 1 aliphatic heterocycles. The third-order valence-electron chi connectivity index (χ3n) is 2.12. The predicted molar refractivity (Wildman–Crippen MR) is 46.0 cm³/mol. The normalized spacial score (nSPS) is 18.5. The fraction of sp³-hybridized carbons (Fsp3) is 0.667. The van der Waals surface area contributed by atoms with Crippen LogP contribution in [-0.4, -0.2) is 43.7 Å². The first-order valence-electron chi connectivity index (χ1n) is 4.39. The summed E-state index contributed by atoms with van der Waals surface area (Å²) in [7, 11) is 0. The summed E-state index contributed by atoms with van der Waals surface area (Å²) in [5.74, 6) is -1.15. The van der Waals surface area contributed by atoms with Gasteiger partial charge in [-0.25, -0.2) is 0 Å². The molecule has 0 amide bonds. The minimum absolute atomic E-state index is 0.173. The van der Waals surface area contributed by atoms with E-state index in [-0.39, 0.29) is 5.57 Å². The van der Waals surface area contributed by atoms with Gasteiger partial charge >= 0.3 is 0 Å². The number of carbonyl (C=O) groups excluding carboxylic acids is 1. The maximum Gasteiger partial charge on any atom is 0.0669 e. The van der Waals surface area contributed by atoms with Crippen LogP contribution in [-0.2, 0) is 9.53 Å². The van der Waals surface area contributed by atoms with Crippen molar-refractivity contribution >= 4 is 5.97 Å². The molecule has 0 N–H and O–H groups in total. The van der Waals surface area contributed by atoms with Crippen LogP contribution in [0.3, 0.4) is 0 Å². The molecule has 4 nitrogen and oxygen atoms in total. The number of carboxylic acid groups (broad SMARTS) is 1. The summed E-state index contributed by atoms with van der Waals surface area (Å²) in [6, 6.07) is 0. The third-order valence-corrected chi connectivity index (χ3v) is 2.12. The monoisotopic (exact) mass is 184 g/mol. The summed E-state index contributed by atoms with van der Waals surface area (Å²) in [6.45, 7) is 7.37. The molecule has 1 heterocycles. The lowest BCUT2D eigenvalue weighted by Gasteiger charge is -2.26. The van der Waals surface area contributed by atoms with Crippen LogP contribution in [0.1, 0.15) is 6.42 Å². The van der Waals surface area contributed by atoms with E-state index in [1.54, 1.807) is 0 Å². The maximum atomic E-state index is 10.3. The number of carboxylic acids is 1. The van der Waals surface area contributed by atoms with E-state index < -0.39 is 5.97 Å². The third kappa shape index (κ3) is 3.57. The Bertz CT molecular complexity index is 197. The number of aliphatic carboxylic acids is 1. The second-order valence-electron chi connectivity index (χ2n) is 3.10. The van der Waals surface area contributed by atoms with Gasteiger partial charge < -0.3 is 14.6 Å². The summed E-state index contributed by atoms with van der Waals surface area (Å²) < 4.78 is 5.16. The van der Waals surface area contributed by atoms with Gasteiger partial charge in [-0.2, -0.15) is 0 Å². The van der Waals surface area contributed by atoms with Gasteiger partial charge in [0.2, 0.25) is 0 Å². The molecule has 0 unspecified atom stereocenters. The van der Waals surface area contributed by atoms with E-state index >= 15 is 0 Å². The molecule has 0 radical (unpaired) electrons. The van der Waals surface area contributed by atoms with Gasteiger partial charge in [-0.1, -0.05) is 6.58 Å².